The Balaban J connectivity index is 0.000000384. The molecule has 0 saturated heterocycles. The summed E-state index contributed by atoms with van der Waals surface area (Å²) in [6.45, 7) is 11.8. The first-order chi connectivity index (χ1) is 12.6. The molecule has 144 valence electrons. The van der Waals surface area contributed by atoms with Crippen molar-refractivity contribution in [2.24, 2.45) is 0 Å². The molecule has 0 bridgehead atoms. The molecule has 28 heavy (non-hydrogen) atoms. The molecule has 0 heterocycles. The Hall–Kier alpha value is -2.41. The molecule has 0 radical (unpaired) electrons. The largest absolute Gasteiger partial charge is 3.00 e. The molecule has 0 aliphatic carbocycles. The number of rotatable bonds is 0. The van der Waals surface area contributed by atoms with E-state index in [1.807, 2.05) is 59.7 Å². The van der Waals surface area contributed by atoms with Crippen molar-refractivity contribution >= 4 is 17.4 Å². The molecule has 3 rings (SSSR count). The van der Waals surface area contributed by atoms with E-state index in [1.54, 1.807) is 36.4 Å². The normalized spacial score (nSPS) is 9.21. The predicted octanol–water partition coefficient (Wildman–Crippen LogP) is 3.75. The molecule has 0 aromatic heterocycles. The van der Waals surface area contributed by atoms with Crippen molar-refractivity contribution < 1.29 is 15.3 Å². The summed E-state index contributed by atoms with van der Waals surface area (Å²) >= 11 is 0. The summed E-state index contributed by atoms with van der Waals surface area (Å²) in [6.07, 6.45) is 0. The Morgan fingerprint density at radius 3 is 0.750 bits per heavy atom. The van der Waals surface area contributed by atoms with Gasteiger partial charge in [-0.15, -0.1) is 17.2 Å². The fourth-order valence-corrected chi connectivity index (χ4v) is 2.14. The van der Waals surface area contributed by atoms with Gasteiger partial charge in [0.2, 0.25) is 0 Å². The van der Waals surface area contributed by atoms with E-state index in [9.17, 15) is 15.3 Å². The van der Waals surface area contributed by atoms with E-state index in [1.165, 1.54) is 16.7 Å². The zero-order valence-electron chi connectivity index (χ0n) is 17.5. The third-order valence-electron chi connectivity index (χ3n) is 4.44. The van der Waals surface area contributed by atoms with Crippen molar-refractivity contribution in [1.82, 2.24) is 0 Å². The Morgan fingerprint density at radius 1 is 0.393 bits per heavy atom. The predicted molar refractivity (Wildman–Crippen MR) is 112 cm³/mol. The topological polar surface area (TPSA) is 69.2 Å². The van der Waals surface area contributed by atoms with E-state index in [0.29, 0.717) is 0 Å². The summed E-state index contributed by atoms with van der Waals surface area (Å²) in [4.78, 5) is 0. The summed E-state index contributed by atoms with van der Waals surface area (Å²) in [5, 5.41) is 31.9. The van der Waals surface area contributed by atoms with Crippen molar-refractivity contribution in [1.29, 1.82) is 0 Å². The molecule has 0 N–H and O–H groups in total. The fraction of sp³-hybridized carbons (Fsp3) is 0.250. The van der Waals surface area contributed by atoms with Gasteiger partial charge >= 0.3 is 17.4 Å². The van der Waals surface area contributed by atoms with Crippen LogP contribution in [0.1, 0.15) is 33.4 Å². The molecule has 0 unspecified atom stereocenters. The van der Waals surface area contributed by atoms with Crippen molar-refractivity contribution in [3.63, 3.8) is 0 Å². The van der Waals surface area contributed by atoms with Crippen molar-refractivity contribution in [2.75, 3.05) is 0 Å². The maximum absolute atomic E-state index is 10.6. The zero-order chi connectivity index (χ0) is 20.6. The van der Waals surface area contributed by atoms with E-state index in [0.717, 1.165) is 16.7 Å². The first-order valence-corrected chi connectivity index (χ1v) is 8.83. The van der Waals surface area contributed by atoms with E-state index in [2.05, 4.69) is 0 Å². The van der Waals surface area contributed by atoms with Crippen LogP contribution >= 0.6 is 0 Å². The van der Waals surface area contributed by atoms with Crippen LogP contribution in [0.2, 0.25) is 0 Å². The molecule has 4 heteroatoms. The second-order valence-electron chi connectivity index (χ2n) is 6.74. The summed E-state index contributed by atoms with van der Waals surface area (Å²) in [6, 6.07) is 15.2. The minimum Gasteiger partial charge on any atom is -0.872 e. The maximum Gasteiger partial charge on any atom is 3.00 e. The molecule has 3 aromatic carbocycles. The van der Waals surface area contributed by atoms with E-state index >= 15 is 0 Å². The van der Waals surface area contributed by atoms with Gasteiger partial charge in [0.1, 0.15) is 0 Å². The zero-order valence-corrected chi connectivity index (χ0v) is 18.7. The van der Waals surface area contributed by atoms with Gasteiger partial charge in [0.15, 0.2) is 0 Å². The van der Waals surface area contributed by atoms with Gasteiger partial charge in [0, 0.05) is 0 Å². The molecular formula is C24H27AlO3. The van der Waals surface area contributed by atoms with Gasteiger partial charge in [-0.05, 0) is 74.9 Å². The van der Waals surface area contributed by atoms with Crippen LogP contribution in [0.3, 0.4) is 0 Å². The summed E-state index contributed by atoms with van der Waals surface area (Å²) in [5.74, 6) is 0.286. The van der Waals surface area contributed by atoms with Crippen molar-refractivity contribution in [2.45, 2.75) is 41.5 Å². The molecule has 3 aromatic rings. The molecule has 0 aliphatic rings. The maximum atomic E-state index is 10.6. The first kappa shape index (κ1) is 25.6. The summed E-state index contributed by atoms with van der Waals surface area (Å²) in [7, 11) is 0. The second kappa shape index (κ2) is 12.1. The van der Waals surface area contributed by atoms with Crippen LogP contribution in [0.5, 0.6) is 17.2 Å². The fourth-order valence-electron chi connectivity index (χ4n) is 2.14. The number of aryl methyl sites for hydroxylation is 6. The minimum atomic E-state index is 0. The average Bonchev–Trinajstić information content (AvgIpc) is 2.60. The number of hydrogen-bond acceptors (Lipinski definition) is 3. The SMILES string of the molecule is Cc1ccc([O-])cc1C.Cc1ccc([O-])cc1C.Cc1ccc([O-])cc1C.[Al+3]. The van der Waals surface area contributed by atoms with Gasteiger partial charge in [-0.25, -0.2) is 0 Å². The van der Waals surface area contributed by atoms with Gasteiger partial charge < -0.3 is 15.3 Å². The molecule has 0 aliphatic heterocycles. The standard InChI is InChI=1S/3C8H10O.Al/c3*1-6-3-4-8(9)5-7(6)2;/h3*3-5,9H,1-2H3;/q;;;+3/p-3. The monoisotopic (exact) mass is 390 g/mol. The molecule has 0 spiro atoms. The van der Waals surface area contributed by atoms with E-state index in [-0.39, 0.29) is 34.6 Å². The third-order valence-corrected chi connectivity index (χ3v) is 4.44. The Morgan fingerprint density at radius 2 is 0.607 bits per heavy atom. The average molecular weight is 390 g/mol. The van der Waals surface area contributed by atoms with Crippen LogP contribution in [0.15, 0.2) is 54.6 Å². The minimum absolute atomic E-state index is 0. The third kappa shape index (κ3) is 8.99. The molecule has 0 atom stereocenters. The van der Waals surface area contributed by atoms with Crippen molar-refractivity contribution in [3.8, 4) is 17.2 Å². The van der Waals surface area contributed by atoms with Crippen LogP contribution < -0.4 is 15.3 Å². The summed E-state index contributed by atoms with van der Waals surface area (Å²) in [5.41, 5.74) is 6.74. The van der Waals surface area contributed by atoms with Crippen molar-refractivity contribution in [3.05, 3.63) is 88.0 Å². The molecule has 0 fully saturated rings. The van der Waals surface area contributed by atoms with E-state index in [4.69, 9.17) is 0 Å². The Labute approximate surface area is 179 Å². The van der Waals surface area contributed by atoms with Gasteiger partial charge in [-0.3, -0.25) is 0 Å². The molecular weight excluding hydrogens is 363 g/mol. The first-order valence-electron chi connectivity index (χ1n) is 8.83. The van der Waals surface area contributed by atoms with Gasteiger partial charge in [0.25, 0.3) is 0 Å². The Bertz CT molecular complexity index is 771. The van der Waals surface area contributed by atoms with Crippen LogP contribution in [-0.4, -0.2) is 17.4 Å². The number of hydrogen-bond donors (Lipinski definition) is 0. The Kier molecular flexibility index (Phi) is 11.1. The number of benzene rings is 3. The quantitative estimate of drug-likeness (QED) is 0.549. The second-order valence-corrected chi connectivity index (χ2v) is 6.74. The molecule has 0 saturated carbocycles. The van der Waals surface area contributed by atoms with Gasteiger partial charge in [0.05, 0.1) is 0 Å². The molecule has 3 nitrogen and oxygen atoms in total. The van der Waals surface area contributed by atoms with Gasteiger partial charge in [-0.1, -0.05) is 54.6 Å². The van der Waals surface area contributed by atoms with E-state index < -0.39 is 0 Å². The van der Waals surface area contributed by atoms with Crippen LogP contribution in [0.4, 0.5) is 0 Å². The van der Waals surface area contributed by atoms with Gasteiger partial charge in [-0.2, -0.15) is 0 Å². The summed E-state index contributed by atoms with van der Waals surface area (Å²) < 4.78 is 0. The smallest absolute Gasteiger partial charge is 0.872 e. The van der Waals surface area contributed by atoms with Crippen LogP contribution in [-0.2, 0) is 0 Å². The molecule has 0 amide bonds. The van der Waals surface area contributed by atoms with Crippen LogP contribution in [0, 0.1) is 41.5 Å². The van der Waals surface area contributed by atoms with Crippen LogP contribution in [0.25, 0.3) is 0 Å².